The van der Waals surface area contributed by atoms with Crippen molar-refractivity contribution < 1.29 is 14.3 Å². The minimum Gasteiger partial charge on any atom is -0.484 e. The predicted molar refractivity (Wildman–Crippen MR) is 74.6 cm³/mol. The van der Waals surface area contributed by atoms with E-state index in [1.807, 2.05) is 16.8 Å². The second-order valence-corrected chi connectivity index (χ2v) is 4.42. The monoisotopic (exact) mass is 276 g/mol. The highest BCUT2D eigenvalue weighted by Crippen LogP contribution is 2.17. The summed E-state index contributed by atoms with van der Waals surface area (Å²) < 4.78 is 5.34. The zero-order chi connectivity index (χ0) is 13.5. The summed E-state index contributed by atoms with van der Waals surface area (Å²) in [6, 6.07) is 8.64. The molecule has 0 bridgehead atoms. The third-order valence-electron chi connectivity index (χ3n) is 2.23. The van der Waals surface area contributed by atoms with Crippen LogP contribution in [0.4, 0.5) is 11.4 Å². The minimum atomic E-state index is -0.229. The first kappa shape index (κ1) is 13.1. The van der Waals surface area contributed by atoms with Crippen LogP contribution in [0.5, 0.6) is 5.75 Å². The number of benzene rings is 1. The first-order valence-electron chi connectivity index (χ1n) is 5.53. The summed E-state index contributed by atoms with van der Waals surface area (Å²) in [5.41, 5.74) is 1.38. The van der Waals surface area contributed by atoms with Gasteiger partial charge in [0.2, 0.25) is 6.41 Å². The van der Waals surface area contributed by atoms with Gasteiger partial charge in [-0.15, -0.1) is 0 Å². The van der Waals surface area contributed by atoms with E-state index < -0.39 is 0 Å². The van der Waals surface area contributed by atoms with Gasteiger partial charge in [0, 0.05) is 17.1 Å². The van der Waals surface area contributed by atoms with Gasteiger partial charge in [-0.2, -0.15) is 11.3 Å². The topological polar surface area (TPSA) is 67.4 Å². The third-order valence-corrected chi connectivity index (χ3v) is 2.92. The quantitative estimate of drug-likeness (QED) is 0.796. The molecule has 0 aliphatic heterocycles. The van der Waals surface area contributed by atoms with Gasteiger partial charge in [0.1, 0.15) is 5.75 Å². The fraction of sp³-hybridized carbons (Fsp3) is 0.0769. The third kappa shape index (κ3) is 4.11. The molecule has 2 aromatic rings. The maximum Gasteiger partial charge on any atom is 0.262 e. The highest BCUT2D eigenvalue weighted by Gasteiger charge is 2.04. The Morgan fingerprint density at radius 1 is 1.32 bits per heavy atom. The molecule has 2 amide bonds. The fourth-order valence-electron chi connectivity index (χ4n) is 1.43. The molecule has 1 aromatic carbocycles. The number of nitrogens with one attached hydrogen (secondary N) is 2. The van der Waals surface area contributed by atoms with Gasteiger partial charge in [-0.1, -0.05) is 6.07 Å². The Balaban J connectivity index is 1.86. The van der Waals surface area contributed by atoms with E-state index in [0.717, 1.165) is 5.69 Å². The van der Waals surface area contributed by atoms with E-state index in [1.165, 1.54) is 11.3 Å². The molecule has 0 unspecified atom stereocenters. The number of thiophene rings is 1. The van der Waals surface area contributed by atoms with Gasteiger partial charge in [-0.05, 0) is 23.6 Å². The Labute approximate surface area is 114 Å². The van der Waals surface area contributed by atoms with Crippen LogP contribution in [0.1, 0.15) is 0 Å². The van der Waals surface area contributed by atoms with Gasteiger partial charge in [-0.3, -0.25) is 9.59 Å². The van der Waals surface area contributed by atoms with Crippen molar-refractivity contribution in [2.75, 3.05) is 17.2 Å². The molecule has 1 aromatic heterocycles. The lowest BCUT2D eigenvalue weighted by molar-refractivity contribution is -0.118. The number of hydrogen-bond donors (Lipinski definition) is 2. The fourth-order valence-corrected chi connectivity index (χ4v) is 2.01. The molecule has 98 valence electrons. The summed E-state index contributed by atoms with van der Waals surface area (Å²) in [5.74, 6) is 0.291. The molecule has 0 radical (unpaired) electrons. The summed E-state index contributed by atoms with van der Waals surface area (Å²) in [7, 11) is 0. The van der Waals surface area contributed by atoms with Crippen molar-refractivity contribution in [1.29, 1.82) is 0 Å². The second-order valence-electron chi connectivity index (χ2n) is 3.64. The lowest BCUT2D eigenvalue weighted by Gasteiger charge is -2.07. The Morgan fingerprint density at radius 3 is 2.95 bits per heavy atom. The van der Waals surface area contributed by atoms with Crippen LogP contribution in [0.15, 0.2) is 41.1 Å². The standard InChI is InChI=1S/C13H12N2O3S/c16-9-14-10-2-1-3-12(6-10)18-7-13(17)15-11-4-5-19-8-11/h1-6,8-9H,7H2,(H,14,16)(H,15,17). The van der Waals surface area contributed by atoms with Crippen molar-refractivity contribution in [1.82, 2.24) is 0 Å². The highest BCUT2D eigenvalue weighted by atomic mass is 32.1. The van der Waals surface area contributed by atoms with Crippen LogP contribution in [-0.4, -0.2) is 18.9 Å². The molecule has 0 saturated heterocycles. The molecule has 1 heterocycles. The number of ether oxygens (including phenoxy) is 1. The van der Waals surface area contributed by atoms with Crippen molar-refractivity contribution in [2.45, 2.75) is 0 Å². The van der Waals surface area contributed by atoms with E-state index in [9.17, 15) is 9.59 Å². The van der Waals surface area contributed by atoms with Gasteiger partial charge < -0.3 is 15.4 Å². The van der Waals surface area contributed by atoms with Crippen molar-refractivity contribution in [3.63, 3.8) is 0 Å². The smallest absolute Gasteiger partial charge is 0.262 e. The first-order chi connectivity index (χ1) is 9.28. The number of carbonyl (C=O) groups is 2. The van der Waals surface area contributed by atoms with E-state index in [-0.39, 0.29) is 12.5 Å². The summed E-state index contributed by atoms with van der Waals surface area (Å²) in [6.45, 7) is -0.0829. The van der Waals surface area contributed by atoms with Crippen molar-refractivity contribution in [3.05, 3.63) is 41.1 Å². The van der Waals surface area contributed by atoms with E-state index >= 15 is 0 Å². The van der Waals surface area contributed by atoms with Gasteiger partial charge in [0.25, 0.3) is 5.91 Å². The zero-order valence-electron chi connectivity index (χ0n) is 9.96. The summed E-state index contributed by atoms with van der Waals surface area (Å²) in [4.78, 5) is 21.9. The lowest BCUT2D eigenvalue weighted by Crippen LogP contribution is -2.19. The van der Waals surface area contributed by atoms with E-state index in [2.05, 4.69) is 10.6 Å². The summed E-state index contributed by atoms with van der Waals surface area (Å²) in [5, 5.41) is 8.94. The Hall–Kier alpha value is -2.34. The molecule has 2 rings (SSSR count). The summed E-state index contributed by atoms with van der Waals surface area (Å²) in [6.07, 6.45) is 0.586. The van der Waals surface area contributed by atoms with Crippen LogP contribution in [0.2, 0.25) is 0 Å². The van der Waals surface area contributed by atoms with Crippen LogP contribution in [0.3, 0.4) is 0 Å². The van der Waals surface area contributed by atoms with Crippen molar-refractivity contribution in [2.24, 2.45) is 0 Å². The maximum absolute atomic E-state index is 11.6. The average Bonchev–Trinajstić information content (AvgIpc) is 2.90. The van der Waals surface area contributed by atoms with E-state index in [0.29, 0.717) is 17.8 Å². The molecule has 6 heteroatoms. The molecule has 0 saturated carbocycles. The highest BCUT2D eigenvalue weighted by molar-refractivity contribution is 7.08. The largest absolute Gasteiger partial charge is 0.484 e. The van der Waals surface area contributed by atoms with Crippen LogP contribution >= 0.6 is 11.3 Å². The Bertz CT molecular complexity index is 555. The predicted octanol–water partition coefficient (Wildman–Crippen LogP) is 2.33. The Kier molecular flexibility index (Phi) is 4.52. The number of rotatable bonds is 6. The molecule has 0 aliphatic rings. The van der Waals surface area contributed by atoms with Crippen molar-refractivity contribution in [3.8, 4) is 5.75 Å². The minimum absolute atomic E-state index is 0.0829. The van der Waals surface area contributed by atoms with Gasteiger partial charge in [-0.25, -0.2) is 0 Å². The van der Waals surface area contributed by atoms with E-state index in [4.69, 9.17) is 4.74 Å². The molecule has 0 aliphatic carbocycles. The molecule has 0 atom stereocenters. The molecular formula is C13H12N2O3S. The van der Waals surface area contributed by atoms with Crippen LogP contribution in [-0.2, 0) is 9.59 Å². The molecule has 0 spiro atoms. The van der Waals surface area contributed by atoms with Gasteiger partial charge in [0.05, 0.1) is 5.69 Å². The van der Waals surface area contributed by atoms with Crippen LogP contribution < -0.4 is 15.4 Å². The normalized spacial score (nSPS) is 9.68. The molecule has 19 heavy (non-hydrogen) atoms. The molecule has 0 fully saturated rings. The van der Waals surface area contributed by atoms with Crippen LogP contribution in [0, 0.1) is 0 Å². The second kappa shape index (κ2) is 6.55. The zero-order valence-corrected chi connectivity index (χ0v) is 10.8. The maximum atomic E-state index is 11.6. The first-order valence-corrected chi connectivity index (χ1v) is 6.47. The van der Waals surface area contributed by atoms with Crippen molar-refractivity contribution >= 4 is 35.0 Å². The molecule has 5 nitrogen and oxygen atoms in total. The number of amides is 2. The SMILES string of the molecule is O=CNc1cccc(OCC(=O)Nc2ccsc2)c1. The lowest BCUT2D eigenvalue weighted by atomic mass is 10.3. The van der Waals surface area contributed by atoms with Crippen LogP contribution in [0.25, 0.3) is 0 Å². The summed E-state index contributed by atoms with van der Waals surface area (Å²) >= 11 is 1.51. The number of hydrogen-bond acceptors (Lipinski definition) is 4. The number of carbonyl (C=O) groups excluding carboxylic acids is 2. The van der Waals surface area contributed by atoms with Gasteiger partial charge in [0.15, 0.2) is 6.61 Å². The average molecular weight is 276 g/mol. The molecule has 2 N–H and O–H groups in total. The van der Waals surface area contributed by atoms with E-state index in [1.54, 1.807) is 24.3 Å². The Morgan fingerprint density at radius 2 is 2.21 bits per heavy atom. The van der Waals surface area contributed by atoms with Gasteiger partial charge >= 0.3 is 0 Å². The molecular weight excluding hydrogens is 264 g/mol. The number of anilines is 2.